The number of nitrogens with zero attached hydrogens (tertiary/aromatic N) is 2. The normalized spacial score (nSPS) is 18.8. The van der Waals surface area contributed by atoms with E-state index in [1.165, 1.54) is 24.8 Å². The molecule has 0 aliphatic heterocycles. The number of hydrogen-bond donors (Lipinski definition) is 1. The van der Waals surface area contributed by atoms with Gasteiger partial charge in [-0.25, -0.2) is 0 Å². The lowest BCUT2D eigenvalue weighted by molar-refractivity contribution is 0.292. The Morgan fingerprint density at radius 1 is 1.44 bits per heavy atom. The Morgan fingerprint density at radius 3 is 2.69 bits per heavy atom. The predicted octanol–water partition coefficient (Wildman–Crippen LogP) is 2.91. The van der Waals surface area contributed by atoms with E-state index in [2.05, 4.69) is 37.4 Å². The Labute approximate surface area is 98.2 Å². The van der Waals surface area contributed by atoms with E-state index >= 15 is 0 Å². The zero-order chi connectivity index (χ0) is 11.5. The summed E-state index contributed by atoms with van der Waals surface area (Å²) in [5, 5.41) is 7.97. The van der Waals surface area contributed by atoms with Gasteiger partial charge < -0.3 is 5.32 Å². The van der Waals surface area contributed by atoms with Crippen LogP contribution in [0, 0.1) is 5.92 Å². The molecule has 1 N–H and O–H groups in total. The summed E-state index contributed by atoms with van der Waals surface area (Å²) in [6.45, 7) is 7.70. The fraction of sp³-hybridized carbons (Fsp3) is 0.769. The summed E-state index contributed by atoms with van der Waals surface area (Å²) in [5.74, 6) is 0.919. The second kappa shape index (κ2) is 5.00. The lowest BCUT2D eigenvalue weighted by Gasteiger charge is -2.27. The van der Waals surface area contributed by atoms with Gasteiger partial charge in [-0.3, -0.25) is 4.68 Å². The van der Waals surface area contributed by atoms with Gasteiger partial charge in [0.1, 0.15) is 0 Å². The first-order chi connectivity index (χ1) is 7.66. The van der Waals surface area contributed by atoms with Crippen LogP contribution in [0.15, 0.2) is 12.4 Å². The molecule has 0 saturated heterocycles. The summed E-state index contributed by atoms with van der Waals surface area (Å²) < 4.78 is 2.02. The maximum atomic E-state index is 4.37. The molecule has 0 spiro atoms. The smallest absolute Gasteiger partial charge is 0.0537 e. The third-order valence-corrected chi connectivity index (χ3v) is 3.59. The van der Waals surface area contributed by atoms with Gasteiger partial charge in [0.25, 0.3) is 0 Å². The van der Waals surface area contributed by atoms with Crippen LogP contribution in [0.2, 0.25) is 0 Å². The second-order valence-electron chi connectivity index (χ2n) is 5.27. The van der Waals surface area contributed by atoms with Gasteiger partial charge >= 0.3 is 0 Å². The Hall–Kier alpha value is -0.830. The van der Waals surface area contributed by atoms with E-state index in [9.17, 15) is 0 Å². The van der Waals surface area contributed by atoms with Gasteiger partial charge in [-0.1, -0.05) is 6.42 Å². The summed E-state index contributed by atoms with van der Waals surface area (Å²) in [6, 6.07) is 0.876. The molecular formula is C13H23N3. The molecule has 0 amide bonds. The van der Waals surface area contributed by atoms with E-state index in [1.807, 2.05) is 10.9 Å². The van der Waals surface area contributed by atoms with Gasteiger partial charge in [0, 0.05) is 23.8 Å². The van der Waals surface area contributed by atoms with Crippen LogP contribution < -0.4 is 5.32 Å². The molecule has 1 aromatic rings. The number of aromatic nitrogens is 2. The van der Waals surface area contributed by atoms with Crippen LogP contribution in [-0.4, -0.2) is 16.3 Å². The van der Waals surface area contributed by atoms with Crippen molar-refractivity contribution < 1.29 is 0 Å². The van der Waals surface area contributed by atoms with Crippen molar-refractivity contribution in [2.75, 3.05) is 6.54 Å². The highest BCUT2D eigenvalue weighted by atomic mass is 15.3. The minimum Gasteiger partial charge on any atom is -0.310 e. The molecule has 1 fully saturated rings. The zero-order valence-electron chi connectivity index (χ0n) is 10.6. The molecule has 1 atom stereocenters. The van der Waals surface area contributed by atoms with Gasteiger partial charge in [-0.2, -0.15) is 5.10 Å². The number of rotatable bonds is 5. The highest BCUT2D eigenvalue weighted by Gasteiger charge is 2.18. The van der Waals surface area contributed by atoms with Crippen molar-refractivity contribution in [1.29, 1.82) is 0 Å². The molecule has 0 radical (unpaired) electrons. The monoisotopic (exact) mass is 221 g/mol. The maximum Gasteiger partial charge on any atom is 0.0537 e. The molecule has 0 aromatic carbocycles. The lowest BCUT2D eigenvalue weighted by Crippen LogP contribution is -2.29. The molecule has 2 rings (SSSR count). The van der Waals surface area contributed by atoms with Crippen LogP contribution in [0.25, 0.3) is 0 Å². The van der Waals surface area contributed by atoms with Gasteiger partial charge in [-0.15, -0.1) is 0 Å². The summed E-state index contributed by atoms with van der Waals surface area (Å²) >= 11 is 0. The fourth-order valence-corrected chi connectivity index (χ4v) is 2.02. The van der Waals surface area contributed by atoms with E-state index in [0.29, 0.717) is 12.1 Å². The molecule has 3 nitrogen and oxygen atoms in total. The van der Waals surface area contributed by atoms with E-state index in [1.54, 1.807) is 0 Å². The average molecular weight is 221 g/mol. The van der Waals surface area contributed by atoms with Crippen molar-refractivity contribution in [3.05, 3.63) is 18.0 Å². The SMILES string of the molecule is CC(NCC1CCC1)c1cnn(C(C)C)c1. The molecule has 1 aromatic heterocycles. The van der Waals surface area contributed by atoms with Crippen molar-refractivity contribution in [2.24, 2.45) is 5.92 Å². The summed E-state index contributed by atoms with van der Waals surface area (Å²) in [5.41, 5.74) is 1.30. The predicted molar refractivity (Wildman–Crippen MR) is 66.4 cm³/mol. The molecule has 1 saturated carbocycles. The van der Waals surface area contributed by atoms with Crippen molar-refractivity contribution in [3.8, 4) is 0 Å². The molecule has 1 aliphatic rings. The molecule has 1 heterocycles. The van der Waals surface area contributed by atoms with Crippen LogP contribution in [0.1, 0.15) is 57.7 Å². The highest BCUT2D eigenvalue weighted by Crippen LogP contribution is 2.26. The molecule has 3 heteroatoms. The fourth-order valence-electron chi connectivity index (χ4n) is 2.02. The topological polar surface area (TPSA) is 29.9 Å². The molecule has 1 aliphatic carbocycles. The Balaban J connectivity index is 1.84. The van der Waals surface area contributed by atoms with Crippen molar-refractivity contribution >= 4 is 0 Å². The van der Waals surface area contributed by atoms with Crippen molar-refractivity contribution in [1.82, 2.24) is 15.1 Å². The van der Waals surface area contributed by atoms with E-state index in [0.717, 1.165) is 12.5 Å². The van der Waals surface area contributed by atoms with Crippen LogP contribution >= 0.6 is 0 Å². The van der Waals surface area contributed by atoms with E-state index in [-0.39, 0.29) is 0 Å². The Kier molecular flexibility index (Phi) is 3.64. The number of nitrogens with one attached hydrogen (secondary N) is 1. The molecule has 90 valence electrons. The highest BCUT2D eigenvalue weighted by molar-refractivity contribution is 5.09. The maximum absolute atomic E-state index is 4.37. The summed E-state index contributed by atoms with van der Waals surface area (Å²) in [4.78, 5) is 0. The standard InChI is InChI=1S/C13H23N3/c1-10(2)16-9-13(8-15-16)11(3)14-7-12-5-4-6-12/h8-12,14H,4-7H2,1-3H3. The minimum atomic E-state index is 0.424. The Bertz CT molecular complexity index is 326. The third-order valence-electron chi connectivity index (χ3n) is 3.59. The molecular weight excluding hydrogens is 198 g/mol. The Morgan fingerprint density at radius 2 is 2.19 bits per heavy atom. The minimum absolute atomic E-state index is 0.424. The molecule has 0 bridgehead atoms. The van der Waals surface area contributed by atoms with Gasteiger partial charge in [0.15, 0.2) is 0 Å². The van der Waals surface area contributed by atoms with E-state index in [4.69, 9.17) is 0 Å². The number of hydrogen-bond acceptors (Lipinski definition) is 2. The first kappa shape index (κ1) is 11.6. The molecule has 16 heavy (non-hydrogen) atoms. The molecule has 1 unspecified atom stereocenters. The van der Waals surface area contributed by atoms with Crippen molar-refractivity contribution in [3.63, 3.8) is 0 Å². The van der Waals surface area contributed by atoms with Gasteiger partial charge in [0.2, 0.25) is 0 Å². The second-order valence-corrected chi connectivity index (χ2v) is 5.27. The van der Waals surface area contributed by atoms with Crippen LogP contribution in [0.4, 0.5) is 0 Å². The third kappa shape index (κ3) is 2.64. The first-order valence-electron chi connectivity index (χ1n) is 6.44. The average Bonchev–Trinajstić information content (AvgIpc) is 2.63. The van der Waals surface area contributed by atoms with Crippen molar-refractivity contribution in [2.45, 2.75) is 52.1 Å². The van der Waals surface area contributed by atoms with Gasteiger partial charge in [-0.05, 0) is 46.1 Å². The quantitative estimate of drug-likeness (QED) is 0.828. The van der Waals surface area contributed by atoms with Crippen LogP contribution in [0.3, 0.4) is 0 Å². The van der Waals surface area contributed by atoms with Gasteiger partial charge in [0.05, 0.1) is 6.20 Å². The summed E-state index contributed by atoms with van der Waals surface area (Å²) in [7, 11) is 0. The lowest BCUT2D eigenvalue weighted by atomic mass is 9.85. The largest absolute Gasteiger partial charge is 0.310 e. The zero-order valence-corrected chi connectivity index (χ0v) is 10.6. The van der Waals surface area contributed by atoms with Crippen LogP contribution in [-0.2, 0) is 0 Å². The van der Waals surface area contributed by atoms with E-state index < -0.39 is 0 Å². The summed E-state index contributed by atoms with van der Waals surface area (Å²) in [6.07, 6.45) is 8.38. The van der Waals surface area contributed by atoms with Crippen LogP contribution in [0.5, 0.6) is 0 Å². The first-order valence-corrected chi connectivity index (χ1v) is 6.44.